The number of pyridine rings is 1. The maximum atomic E-state index is 14.6. The molecule has 0 amide bonds. The molecule has 0 aliphatic heterocycles. The van der Waals surface area contributed by atoms with Crippen molar-refractivity contribution in [3.8, 4) is 17.6 Å². The van der Waals surface area contributed by atoms with Gasteiger partial charge in [0.2, 0.25) is 0 Å². The van der Waals surface area contributed by atoms with Crippen LogP contribution in [0.1, 0.15) is 18.2 Å². The Morgan fingerprint density at radius 1 is 1.42 bits per heavy atom. The van der Waals surface area contributed by atoms with Gasteiger partial charge in [0.25, 0.3) is 0 Å². The SMILES string of the molecule is CCOC(=O)/C=C/c1c(Oc2ccnc(C#N)c2)c(F)cc2[nH]ccc12. The Balaban J connectivity index is 2.08. The number of halogens is 1. The predicted molar refractivity (Wildman–Crippen MR) is 92.9 cm³/mol. The number of carbonyl (C=O) groups is 1. The molecular formula is C19H14FN3O3. The minimum Gasteiger partial charge on any atom is -0.463 e. The number of aromatic amines is 1. The lowest BCUT2D eigenvalue weighted by atomic mass is 10.1. The largest absolute Gasteiger partial charge is 0.463 e. The van der Waals surface area contributed by atoms with Crippen LogP contribution in [0.15, 0.2) is 42.7 Å². The van der Waals surface area contributed by atoms with Gasteiger partial charge in [-0.1, -0.05) is 0 Å². The molecule has 0 saturated heterocycles. The molecule has 6 nitrogen and oxygen atoms in total. The van der Waals surface area contributed by atoms with Crippen LogP contribution in [0, 0.1) is 17.1 Å². The highest BCUT2D eigenvalue weighted by Gasteiger charge is 2.16. The van der Waals surface area contributed by atoms with E-state index in [4.69, 9.17) is 14.7 Å². The van der Waals surface area contributed by atoms with E-state index in [2.05, 4.69) is 9.97 Å². The first-order valence-electron chi connectivity index (χ1n) is 7.80. The second-order valence-electron chi connectivity index (χ2n) is 5.22. The number of H-pyrrole nitrogens is 1. The van der Waals surface area contributed by atoms with Crippen molar-refractivity contribution in [2.45, 2.75) is 6.92 Å². The molecule has 0 aliphatic rings. The molecule has 1 N–H and O–H groups in total. The molecule has 2 heterocycles. The van der Waals surface area contributed by atoms with Crippen LogP contribution in [0.4, 0.5) is 4.39 Å². The van der Waals surface area contributed by atoms with Crippen molar-refractivity contribution in [1.82, 2.24) is 9.97 Å². The Kier molecular flexibility index (Phi) is 4.94. The Morgan fingerprint density at radius 2 is 2.27 bits per heavy atom. The van der Waals surface area contributed by atoms with E-state index < -0.39 is 11.8 Å². The zero-order valence-corrected chi connectivity index (χ0v) is 13.8. The average molecular weight is 351 g/mol. The topological polar surface area (TPSA) is 88.0 Å². The fraction of sp³-hybridized carbons (Fsp3) is 0.105. The van der Waals surface area contributed by atoms with Crippen LogP contribution in [-0.2, 0) is 9.53 Å². The minimum atomic E-state index is -0.612. The van der Waals surface area contributed by atoms with Crippen molar-refractivity contribution in [3.05, 3.63) is 59.8 Å². The van der Waals surface area contributed by atoms with E-state index in [1.54, 1.807) is 19.2 Å². The van der Waals surface area contributed by atoms with E-state index in [1.807, 2.05) is 6.07 Å². The predicted octanol–water partition coefficient (Wildman–Crippen LogP) is 3.94. The molecule has 130 valence electrons. The second-order valence-corrected chi connectivity index (χ2v) is 5.22. The van der Waals surface area contributed by atoms with Gasteiger partial charge in [-0.2, -0.15) is 5.26 Å². The number of ether oxygens (including phenoxy) is 2. The van der Waals surface area contributed by atoms with E-state index in [0.29, 0.717) is 16.5 Å². The third-order valence-corrected chi connectivity index (χ3v) is 3.54. The average Bonchev–Trinajstić information content (AvgIpc) is 3.10. The third-order valence-electron chi connectivity index (χ3n) is 3.54. The molecule has 26 heavy (non-hydrogen) atoms. The fourth-order valence-electron chi connectivity index (χ4n) is 2.44. The third kappa shape index (κ3) is 3.54. The van der Waals surface area contributed by atoms with Gasteiger partial charge in [0.15, 0.2) is 11.6 Å². The summed E-state index contributed by atoms with van der Waals surface area (Å²) in [5, 5.41) is 9.62. The van der Waals surface area contributed by atoms with Crippen LogP contribution in [0.25, 0.3) is 17.0 Å². The number of nitrogens with one attached hydrogen (secondary N) is 1. The Hall–Kier alpha value is -3.66. The Labute approximate surface area is 148 Å². The maximum Gasteiger partial charge on any atom is 0.330 e. The van der Waals surface area contributed by atoms with E-state index in [0.717, 1.165) is 0 Å². The van der Waals surface area contributed by atoms with Crippen LogP contribution in [0.5, 0.6) is 11.5 Å². The molecule has 0 unspecified atom stereocenters. The van der Waals surface area contributed by atoms with Gasteiger partial charge in [-0.15, -0.1) is 0 Å². The number of nitrogens with zero attached hydrogens (tertiary/aromatic N) is 2. The second kappa shape index (κ2) is 7.49. The quantitative estimate of drug-likeness (QED) is 0.555. The number of rotatable bonds is 5. The highest BCUT2D eigenvalue weighted by atomic mass is 19.1. The molecule has 0 spiro atoms. The zero-order valence-electron chi connectivity index (χ0n) is 13.8. The highest BCUT2D eigenvalue weighted by Crippen LogP contribution is 2.35. The van der Waals surface area contributed by atoms with Crippen molar-refractivity contribution >= 4 is 22.9 Å². The van der Waals surface area contributed by atoms with Crippen molar-refractivity contribution < 1.29 is 18.7 Å². The van der Waals surface area contributed by atoms with Crippen LogP contribution in [0.3, 0.4) is 0 Å². The lowest BCUT2D eigenvalue weighted by Gasteiger charge is -2.11. The zero-order chi connectivity index (χ0) is 18.5. The molecule has 0 atom stereocenters. The van der Waals surface area contributed by atoms with Crippen LogP contribution >= 0.6 is 0 Å². The van der Waals surface area contributed by atoms with Gasteiger partial charge in [-0.05, 0) is 25.1 Å². The summed E-state index contributed by atoms with van der Waals surface area (Å²) in [6.45, 7) is 1.94. The number of hydrogen-bond donors (Lipinski definition) is 1. The molecule has 7 heteroatoms. The highest BCUT2D eigenvalue weighted by molar-refractivity contribution is 5.96. The first-order chi connectivity index (χ1) is 12.6. The number of esters is 1. The van der Waals surface area contributed by atoms with Crippen molar-refractivity contribution in [1.29, 1.82) is 5.26 Å². The standard InChI is InChI=1S/C19H14FN3O3/c1-2-25-18(24)4-3-15-14-6-8-23-17(14)10-16(20)19(15)26-13-5-7-22-12(9-13)11-21/h3-10,23H,2H2,1H3/b4-3+. The molecule has 0 fully saturated rings. The lowest BCUT2D eigenvalue weighted by Crippen LogP contribution is -1.99. The van der Waals surface area contributed by atoms with Crippen molar-refractivity contribution in [2.24, 2.45) is 0 Å². The van der Waals surface area contributed by atoms with Crippen LogP contribution in [-0.4, -0.2) is 22.5 Å². The number of nitriles is 1. The summed E-state index contributed by atoms with van der Waals surface area (Å²) in [6.07, 6.45) is 5.72. The summed E-state index contributed by atoms with van der Waals surface area (Å²) in [7, 11) is 0. The molecule has 3 aromatic rings. The number of hydrogen-bond acceptors (Lipinski definition) is 5. The molecule has 0 radical (unpaired) electrons. The van der Waals surface area contributed by atoms with Crippen molar-refractivity contribution in [3.63, 3.8) is 0 Å². The van der Waals surface area contributed by atoms with Gasteiger partial charge in [-0.3, -0.25) is 0 Å². The summed E-state index contributed by atoms with van der Waals surface area (Å²) in [5.74, 6) is -0.954. The first kappa shape index (κ1) is 17.2. The molecule has 2 aromatic heterocycles. The first-order valence-corrected chi connectivity index (χ1v) is 7.80. The van der Waals surface area contributed by atoms with Gasteiger partial charge in [0.05, 0.1) is 6.61 Å². The Morgan fingerprint density at radius 3 is 3.04 bits per heavy atom. The van der Waals surface area contributed by atoms with Crippen LogP contribution in [0.2, 0.25) is 0 Å². The molecule has 1 aromatic carbocycles. The summed E-state index contributed by atoms with van der Waals surface area (Å²) in [5.41, 5.74) is 1.09. The maximum absolute atomic E-state index is 14.6. The summed E-state index contributed by atoms with van der Waals surface area (Å²) < 4.78 is 25.2. The molecule has 0 saturated carbocycles. The normalized spacial score (nSPS) is 10.8. The van der Waals surface area contributed by atoms with Gasteiger partial charge < -0.3 is 14.5 Å². The van der Waals surface area contributed by atoms with E-state index >= 15 is 0 Å². The van der Waals surface area contributed by atoms with E-state index in [1.165, 1.54) is 36.5 Å². The Bertz CT molecular complexity index is 1030. The monoisotopic (exact) mass is 351 g/mol. The van der Waals surface area contributed by atoms with Gasteiger partial charge in [0, 0.05) is 47.1 Å². The number of carbonyl (C=O) groups excluding carboxylic acids is 1. The summed E-state index contributed by atoms with van der Waals surface area (Å²) in [4.78, 5) is 18.4. The van der Waals surface area contributed by atoms with Gasteiger partial charge >= 0.3 is 5.97 Å². The minimum absolute atomic E-state index is 0.0623. The van der Waals surface area contributed by atoms with E-state index in [-0.39, 0.29) is 23.8 Å². The number of benzene rings is 1. The van der Waals surface area contributed by atoms with E-state index in [9.17, 15) is 9.18 Å². The van der Waals surface area contributed by atoms with Gasteiger partial charge in [0.1, 0.15) is 17.5 Å². The molecule has 3 rings (SSSR count). The number of fused-ring (bicyclic) bond motifs is 1. The van der Waals surface area contributed by atoms with Gasteiger partial charge in [-0.25, -0.2) is 14.2 Å². The summed E-state index contributed by atoms with van der Waals surface area (Å²) in [6, 6.07) is 7.87. The summed E-state index contributed by atoms with van der Waals surface area (Å²) >= 11 is 0. The number of aromatic nitrogens is 2. The lowest BCUT2D eigenvalue weighted by molar-refractivity contribution is -0.137. The van der Waals surface area contributed by atoms with Crippen LogP contribution < -0.4 is 4.74 Å². The molecule has 0 aliphatic carbocycles. The fourth-order valence-corrected chi connectivity index (χ4v) is 2.44. The van der Waals surface area contributed by atoms with Crippen molar-refractivity contribution in [2.75, 3.05) is 6.61 Å². The molecular weight excluding hydrogens is 337 g/mol. The molecule has 0 bridgehead atoms. The smallest absolute Gasteiger partial charge is 0.330 e.